The molecular formula is C23H23FN4O4S2. The van der Waals surface area contributed by atoms with Gasteiger partial charge < -0.3 is 18.4 Å². The molecule has 0 aliphatic carbocycles. The average molecular weight is 503 g/mol. The number of para-hydroxylation sites is 1. The van der Waals surface area contributed by atoms with E-state index in [1.54, 1.807) is 49.5 Å². The Bertz CT molecular complexity index is 1230. The van der Waals surface area contributed by atoms with Crippen LogP contribution in [0.25, 0.3) is 17.3 Å². The first-order valence-corrected chi connectivity index (χ1v) is 12.8. The predicted octanol–water partition coefficient (Wildman–Crippen LogP) is 4.72. The fourth-order valence-corrected chi connectivity index (χ4v) is 4.96. The Balaban J connectivity index is 1.61. The van der Waals surface area contributed by atoms with Gasteiger partial charge in [-0.2, -0.15) is 0 Å². The highest BCUT2D eigenvalue weighted by molar-refractivity contribution is 8.00. The van der Waals surface area contributed by atoms with Crippen LogP contribution in [0, 0.1) is 5.82 Å². The summed E-state index contributed by atoms with van der Waals surface area (Å²) in [6.07, 6.45) is 3.70. The number of halogens is 1. The monoisotopic (exact) mass is 502 g/mol. The van der Waals surface area contributed by atoms with Gasteiger partial charge >= 0.3 is 0 Å². The van der Waals surface area contributed by atoms with Crippen molar-refractivity contribution >= 4 is 29.1 Å². The van der Waals surface area contributed by atoms with E-state index in [2.05, 4.69) is 14.9 Å². The van der Waals surface area contributed by atoms with Crippen LogP contribution in [0.5, 0.6) is 11.5 Å². The summed E-state index contributed by atoms with van der Waals surface area (Å²) in [5, 5.41) is 8.63. The number of aromatic nitrogens is 3. The second-order valence-electron chi connectivity index (χ2n) is 7.08. The minimum atomic E-state index is -1.28. The van der Waals surface area contributed by atoms with Crippen LogP contribution in [0.15, 0.2) is 64.1 Å². The maximum Gasteiger partial charge on any atom is 0.239 e. The summed E-state index contributed by atoms with van der Waals surface area (Å²) in [6.45, 7) is 0. The highest BCUT2D eigenvalue weighted by atomic mass is 32.2. The van der Waals surface area contributed by atoms with E-state index in [9.17, 15) is 8.94 Å². The largest absolute Gasteiger partial charge is 0.612 e. The van der Waals surface area contributed by atoms with Crippen molar-refractivity contribution < 1.29 is 22.8 Å². The standard InChI is InChI=1S/C23H23FN4O4S2/c1-30-17-6-4-7-18(31-2)21(17)28-22(19-8-5-12-32-19)25-26-23(28)27-33-13-11-15-9-10-16(24)14-20(15)34(3)29/h4-10,12,14H,11,13H2,1-3H3,(H,26,27). The number of ether oxygens (including phenoxy) is 2. The lowest BCUT2D eigenvalue weighted by Gasteiger charge is -2.17. The van der Waals surface area contributed by atoms with E-state index < -0.39 is 17.0 Å². The molecule has 0 spiro atoms. The van der Waals surface area contributed by atoms with Crippen molar-refractivity contribution in [3.8, 4) is 28.8 Å². The first-order valence-electron chi connectivity index (χ1n) is 10.2. The van der Waals surface area contributed by atoms with Crippen LogP contribution in [0.4, 0.5) is 10.3 Å². The number of nitrogens with one attached hydrogen (secondary N) is 1. The maximum absolute atomic E-state index is 13.6. The Morgan fingerprint density at radius 3 is 2.53 bits per heavy atom. The summed E-state index contributed by atoms with van der Waals surface area (Å²) >= 11 is 0.117. The maximum atomic E-state index is 13.6. The molecule has 0 radical (unpaired) electrons. The van der Waals surface area contributed by atoms with Crippen molar-refractivity contribution in [1.82, 2.24) is 14.8 Å². The van der Waals surface area contributed by atoms with Gasteiger partial charge in [0, 0.05) is 17.4 Å². The molecule has 0 saturated carbocycles. The van der Waals surface area contributed by atoms with E-state index in [1.165, 1.54) is 24.1 Å². The number of rotatable bonds is 10. The van der Waals surface area contributed by atoms with E-state index in [4.69, 9.17) is 13.9 Å². The molecule has 4 rings (SSSR count). The van der Waals surface area contributed by atoms with Crippen molar-refractivity contribution in [1.29, 1.82) is 0 Å². The van der Waals surface area contributed by atoms with Crippen LogP contribution in [-0.4, -0.2) is 45.5 Å². The molecular weight excluding hydrogens is 479 g/mol. The SMILES string of the molecule is COc1cccc(OC)c1-n1c(NSCCc2ccc(F)cc2[S+](C)[O-])nnc1-c1ccco1. The molecule has 2 aromatic carbocycles. The average Bonchev–Trinajstić information content (AvgIpc) is 3.51. The molecule has 0 fully saturated rings. The fourth-order valence-electron chi connectivity index (χ4n) is 3.46. The smallest absolute Gasteiger partial charge is 0.239 e. The molecule has 11 heteroatoms. The quantitative estimate of drug-likeness (QED) is 0.189. The number of benzene rings is 2. The third-order valence-corrected chi connectivity index (χ3v) is 6.74. The first-order chi connectivity index (χ1) is 16.5. The Labute approximate surface area is 203 Å². The molecule has 8 nitrogen and oxygen atoms in total. The van der Waals surface area contributed by atoms with Gasteiger partial charge in [0.05, 0.1) is 20.5 Å². The summed E-state index contributed by atoms with van der Waals surface area (Å²) in [5.41, 5.74) is 1.45. The summed E-state index contributed by atoms with van der Waals surface area (Å²) in [5.74, 6) is 2.80. The predicted molar refractivity (Wildman–Crippen MR) is 131 cm³/mol. The van der Waals surface area contributed by atoms with Gasteiger partial charge in [0.2, 0.25) is 11.8 Å². The summed E-state index contributed by atoms with van der Waals surface area (Å²) in [7, 11) is 3.16. The van der Waals surface area contributed by atoms with E-state index in [-0.39, 0.29) is 0 Å². The highest BCUT2D eigenvalue weighted by Gasteiger charge is 2.23. The molecule has 1 unspecified atom stereocenters. The lowest BCUT2D eigenvalue weighted by atomic mass is 10.2. The van der Waals surface area contributed by atoms with E-state index in [1.807, 2.05) is 18.2 Å². The van der Waals surface area contributed by atoms with Gasteiger partial charge in [0.15, 0.2) is 10.7 Å². The third kappa shape index (κ3) is 5.01. The van der Waals surface area contributed by atoms with E-state index in [0.29, 0.717) is 51.8 Å². The second-order valence-corrected chi connectivity index (χ2v) is 9.33. The normalized spacial score (nSPS) is 11.9. The lowest BCUT2D eigenvalue weighted by molar-refractivity contribution is 0.391. The Kier molecular flexibility index (Phi) is 7.66. The number of hydrogen-bond acceptors (Lipinski definition) is 8. The number of hydrogen-bond donors (Lipinski definition) is 1. The molecule has 4 aromatic rings. The van der Waals surface area contributed by atoms with Crippen LogP contribution >= 0.6 is 11.9 Å². The topological polar surface area (TPSA) is 97.4 Å². The van der Waals surface area contributed by atoms with Crippen molar-refractivity contribution in [2.24, 2.45) is 0 Å². The molecule has 1 N–H and O–H groups in total. The zero-order valence-corrected chi connectivity index (χ0v) is 20.4. The number of anilines is 1. The summed E-state index contributed by atoms with van der Waals surface area (Å²) in [4.78, 5) is 0.502. The minimum Gasteiger partial charge on any atom is -0.612 e. The Morgan fingerprint density at radius 1 is 1.12 bits per heavy atom. The first kappa shape index (κ1) is 24.0. The van der Waals surface area contributed by atoms with Crippen molar-refractivity contribution in [2.75, 3.05) is 31.0 Å². The number of aryl methyl sites for hydroxylation is 1. The van der Waals surface area contributed by atoms with E-state index in [0.717, 1.165) is 5.56 Å². The minimum absolute atomic E-state index is 0.399. The zero-order valence-electron chi connectivity index (χ0n) is 18.8. The fraction of sp³-hybridized carbons (Fsp3) is 0.217. The van der Waals surface area contributed by atoms with Gasteiger partial charge in [-0.05, 0) is 59.9 Å². The van der Waals surface area contributed by atoms with Crippen LogP contribution < -0.4 is 14.2 Å². The van der Waals surface area contributed by atoms with Gasteiger partial charge in [-0.3, -0.25) is 9.29 Å². The zero-order chi connectivity index (χ0) is 24.1. The molecule has 2 aromatic heterocycles. The van der Waals surface area contributed by atoms with E-state index >= 15 is 0 Å². The van der Waals surface area contributed by atoms with Gasteiger partial charge in [-0.1, -0.05) is 12.1 Å². The Morgan fingerprint density at radius 2 is 1.88 bits per heavy atom. The molecule has 0 bridgehead atoms. The van der Waals surface area contributed by atoms with Gasteiger partial charge in [-0.15, -0.1) is 10.2 Å². The van der Waals surface area contributed by atoms with Crippen molar-refractivity contribution in [3.63, 3.8) is 0 Å². The summed E-state index contributed by atoms with van der Waals surface area (Å²) < 4.78 is 47.3. The van der Waals surface area contributed by atoms with Crippen LogP contribution in [0.3, 0.4) is 0 Å². The van der Waals surface area contributed by atoms with Gasteiger partial charge in [0.1, 0.15) is 29.3 Å². The molecule has 2 heterocycles. The molecule has 0 aliphatic heterocycles. The molecule has 34 heavy (non-hydrogen) atoms. The molecule has 0 saturated heterocycles. The van der Waals surface area contributed by atoms with Gasteiger partial charge in [0.25, 0.3) is 0 Å². The van der Waals surface area contributed by atoms with Crippen molar-refractivity contribution in [3.05, 3.63) is 66.2 Å². The Hall–Kier alpha value is -3.15. The molecule has 0 amide bonds. The number of furan rings is 1. The third-order valence-electron chi connectivity index (χ3n) is 5.01. The molecule has 0 aliphatic rings. The molecule has 178 valence electrons. The number of nitrogens with zero attached hydrogens (tertiary/aromatic N) is 3. The highest BCUT2D eigenvalue weighted by Crippen LogP contribution is 2.38. The van der Waals surface area contributed by atoms with Crippen LogP contribution in [0.1, 0.15) is 5.56 Å². The van der Waals surface area contributed by atoms with Crippen molar-refractivity contribution in [2.45, 2.75) is 11.3 Å². The van der Waals surface area contributed by atoms with Crippen LogP contribution in [0.2, 0.25) is 0 Å². The second kappa shape index (κ2) is 10.9. The summed E-state index contributed by atoms with van der Waals surface area (Å²) in [6, 6.07) is 13.4. The van der Waals surface area contributed by atoms with Gasteiger partial charge in [-0.25, -0.2) is 4.39 Å². The molecule has 1 atom stereocenters. The lowest BCUT2D eigenvalue weighted by Crippen LogP contribution is -2.07. The number of methoxy groups -OCH3 is 2. The van der Waals surface area contributed by atoms with Crippen LogP contribution in [-0.2, 0) is 17.6 Å².